The molecule has 5 nitrogen and oxygen atoms in total. The summed E-state index contributed by atoms with van der Waals surface area (Å²) in [6.07, 6.45) is -2.63. The lowest BCUT2D eigenvalue weighted by atomic mass is 9.88. The molecule has 0 saturated carbocycles. The predicted molar refractivity (Wildman–Crippen MR) is 85.9 cm³/mol. The van der Waals surface area contributed by atoms with Gasteiger partial charge in [-0.15, -0.1) is 0 Å². The fourth-order valence-corrected chi connectivity index (χ4v) is 3.84. The summed E-state index contributed by atoms with van der Waals surface area (Å²) in [5, 5.41) is 0. The van der Waals surface area contributed by atoms with Crippen molar-refractivity contribution in [1.82, 2.24) is 9.80 Å². The van der Waals surface area contributed by atoms with E-state index < -0.39 is 36.2 Å². The van der Waals surface area contributed by atoms with Crippen LogP contribution in [0.25, 0.3) is 0 Å². The van der Waals surface area contributed by atoms with Crippen LogP contribution in [-0.2, 0) is 9.53 Å². The van der Waals surface area contributed by atoms with Crippen molar-refractivity contribution < 1.29 is 27.5 Å². The molecule has 2 amide bonds. The molecule has 2 rings (SSSR count). The molecule has 3 unspecified atom stereocenters. The fraction of sp³-hybridized carbons (Fsp3) is 0.882. The van der Waals surface area contributed by atoms with Gasteiger partial charge in [0.15, 0.2) is 0 Å². The second-order valence-corrected chi connectivity index (χ2v) is 7.90. The molecule has 2 aliphatic rings. The van der Waals surface area contributed by atoms with E-state index in [0.717, 1.165) is 11.3 Å². The molecule has 2 aliphatic heterocycles. The minimum atomic E-state index is -4.42. The molecule has 25 heavy (non-hydrogen) atoms. The van der Waals surface area contributed by atoms with E-state index >= 15 is 0 Å². The SMILES string of the molecule is CCCN(CC(F)(F)F)C(=O)C1CC2CCC1N2C(=O)OC(C)(C)C. The van der Waals surface area contributed by atoms with Gasteiger partial charge in [0.05, 0.1) is 5.92 Å². The van der Waals surface area contributed by atoms with E-state index in [-0.39, 0.29) is 18.6 Å². The summed E-state index contributed by atoms with van der Waals surface area (Å²) in [7, 11) is 0. The van der Waals surface area contributed by atoms with Gasteiger partial charge in [0.25, 0.3) is 0 Å². The first-order valence-electron chi connectivity index (χ1n) is 8.80. The lowest BCUT2D eigenvalue weighted by molar-refractivity contribution is -0.164. The van der Waals surface area contributed by atoms with Crippen LogP contribution >= 0.6 is 0 Å². The molecule has 2 fully saturated rings. The third kappa shape index (κ3) is 4.79. The third-order valence-corrected chi connectivity index (χ3v) is 4.63. The number of alkyl halides is 3. The van der Waals surface area contributed by atoms with Crippen molar-refractivity contribution in [3.63, 3.8) is 0 Å². The minimum absolute atomic E-state index is 0.0681. The Hall–Kier alpha value is -1.47. The molecule has 0 radical (unpaired) electrons. The van der Waals surface area contributed by atoms with Crippen molar-refractivity contribution in [2.75, 3.05) is 13.1 Å². The number of hydrogen-bond acceptors (Lipinski definition) is 3. The Morgan fingerprint density at radius 1 is 1.20 bits per heavy atom. The van der Waals surface area contributed by atoms with Crippen LogP contribution in [0.4, 0.5) is 18.0 Å². The molecule has 144 valence electrons. The van der Waals surface area contributed by atoms with E-state index in [1.807, 2.05) is 0 Å². The lowest BCUT2D eigenvalue weighted by Crippen LogP contribution is -2.47. The van der Waals surface area contributed by atoms with E-state index in [0.29, 0.717) is 19.3 Å². The number of ether oxygens (including phenoxy) is 1. The zero-order valence-corrected chi connectivity index (χ0v) is 15.2. The third-order valence-electron chi connectivity index (χ3n) is 4.63. The lowest BCUT2D eigenvalue weighted by Gasteiger charge is -2.30. The van der Waals surface area contributed by atoms with E-state index in [4.69, 9.17) is 4.74 Å². The highest BCUT2D eigenvalue weighted by Crippen LogP contribution is 2.43. The van der Waals surface area contributed by atoms with Gasteiger partial charge in [0.1, 0.15) is 12.1 Å². The Balaban J connectivity index is 2.10. The summed E-state index contributed by atoms with van der Waals surface area (Å²) in [5.74, 6) is -1.07. The molecule has 2 saturated heterocycles. The topological polar surface area (TPSA) is 49.9 Å². The average Bonchev–Trinajstić information content (AvgIpc) is 3.00. The van der Waals surface area contributed by atoms with Crippen LogP contribution in [0.2, 0.25) is 0 Å². The second kappa shape index (κ2) is 7.03. The number of rotatable bonds is 4. The largest absolute Gasteiger partial charge is 0.444 e. The molecule has 8 heteroatoms. The number of fused-ring (bicyclic) bond motifs is 2. The van der Waals surface area contributed by atoms with Crippen LogP contribution in [0.1, 0.15) is 53.4 Å². The monoisotopic (exact) mass is 364 g/mol. The number of carbonyl (C=O) groups is 2. The smallest absolute Gasteiger partial charge is 0.410 e. The standard InChI is InChI=1S/C17H27F3N2O3/c1-5-8-21(10-17(18,19)20)14(23)12-9-11-6-7-13(12)22(11)15(24)25-16(2,3)4/h11-13H,5-10H2,1-4H3. The Bertz CT molecular complexity index is 516. The maximum Gasteiger partial charge on any atom is 0.410 e. The van der Waals surface area contributed by atoms with Crippen molar-refractivity contribution in [3.8, 4) is 0 Å². The number of halogens is 3. The normalized spacial score (nSPS) is 26.0. The van der Waals surface area contributed by atoms with Gasteiger partial charge in [-0.05, 0) is 46.5 Å². The molecule has 2 heterocycles. The van der Waals surface area contributed by atoms with Crippen molar-refractivity contribution in [1.29, 1.82) is 0 Å². The van der Waals surface area contributed by atoms with Crippen molar-refractivity contribution in [2.24, 2.45) is 5.92 Å². The van der Waals surface area contributed by atoms with Gasteiger partial charge in [0, 0.05) is 18.6 Å². The minimum Gasteiger partial charge on any atom is -0.444 e. The summed E-state index contributed by atoms with van der Waals surface area (Å²) < 4.78 is 43.7. The van der Waals surface area contributed by atoms with Gasteiger partial charge in [0.2, 0.25) is 5.91 Å². The highest BCUT2D eigenvalue weighted by molar-refractivity contribution is 5.82. The van der Waals surface area contributed by atoms with Crippen molar-refractivity contribution in [2.45, 2.75) is 77.2 Å². The summed E-state index contributed by atoms with van der Waals surface area (Å²) in [6.45, 7) is 5.86. The van der Waals surface area contributed by atoms with Crippen molar-refractivity contribution in [3.05, 3.63) is 0 Å². The van der Waals surface area contributed by atoms with Gasteiger partial charge in [-0.2, -0.15) is 13.2 Å². The molecule has 0 spiro atoms. The molecular formula is C17H27F3N2O3. The van der Waals surface area contributed by atoms with Crippen LogP contribution in [0.15, 0.2) is 0 Å². The second-order valence-electron chi connectivity index (χ2n) is 7.90. The zero-order valence-electron chi connectivity index (χ0n) is 15.2. The molecule has 0 aliphatic carbocycles. The number of hydrogen-bond donors (Lipinski definition) is 0. The fourth-order valence-electron chi connectivity index (χ4n) is 3.84. The molecule has 3 atom stereocenters. The molecular weight excluding hydrogens is 337 g/mol. The summed E-state index contributed by atoms with van der Waals surface area (Å²) in [6, 6.07) is -0.483. The first kappa shape index (κ1) is 19.8. The maximum atomic E-state index is 12.8. The van der Waals surface area contributed by atoms with Crippen LogP contribution in [0.3, 0.4) is 0 Å². The van der Waals surface area contributed by atoms with Crippen LogP contribution < -0.4 is 0 Å². The Labute approximate surface area is 146 Å². The molecule has 0 aromatic rings. The van der Waals surface area contributed by atoms with Crippen LogP contribution in [-0.4, -0.2) is 58.8 Å². The highest BCUT2D eigenvalue weighted by atomic mass is 19.4. The maximum absolute atomic E-state index is 12.8. The zero-order chi connectivity index (χ0) is 19.0. The molecule has 0 aromatic carbocycles. The molecule has 0 N–H and O–H groups in total. The predicted octanol–water partition coefficient (Wildman–Crippen LogP) is 3.58. The van der Waals surface area contributed by atoms with E-state index in [2.05, 4.69) is 0 Å². The number of nitrogens with zero attached hydrogens (tertiary/aromatic N) is 2. The van der Waals surface area contributed by atoms with E-state index in [1.165, 1.54) is 0 Å². The van der Waals surface area contributed by atoms with Crippen molar-refractivity contribution >= 4 is 12.0 Å². The number of carbonyl (C=O) groups excluding carboxylic acids is 2. The quantitative estimate of drug-likeness (QED) is 0.766. The Morgan fingerprint density at radius 2 is 1.84 bits per heavy atom. The summed E-state index contributed by atoms with van der Waals surface area (Å²) in [5.41, 5.74) is -0.650. The summed E-state index contributed by atoms with van der Waals surface area (Å²) >= 11 is 0. The van der Waals surface area contributed by atoms with E-state index in [9.17, 15) is 22.8 Å². The van der Waals surface area contributed by atoms with Crippen LogP contribution in [0, 0.1) is 5.92 Å². The highest BCUT2D eigenvalue weighted by Gasteiger charge is 2.53. The van der Waals surface area contributed by atoms with Gasteiger partial charge < -0.3 is 14.5 Å². The Kier molecular flexibility index (Phi) is 5.59. The van der Waals surface area contributed by atoms with Gasteiger partial charge in [-0.1, -0.05) is 6.92 Å². The Morgan fingerprint density at radius 3 is 2.36 bits per heavy atom. The van der Waals surface area contributed by atoms with Gasteiger partial charge >= 0.3 is 12.3 Å². The average molecular weight is 364 g/mol. The molecule has 0 aromatic heterocycles. The molecule has 2 bridgehead atoms. The van der Waals surface area contributed by atoms with E-state index in [1.54, 1.807) is 32.6 Å². The number of amides is 2. The summed E-state index contributed by atoms with van der Waals surface area (Å²) in [4.78, 5) is 27.6. The first-order chi connectivity index (χ1) is 11.4. The first-order valence-corrected chi connectivity index (χ1v) is 8.80. The van der Waals surface area contributed by atoms with Gasteiger partial charge in [-0.25, -0.2) is 4.79 Å². The van der Waals surface area contributed by atoms with Gasteiger partial charge in [-0.3, -0.25) is 4.79 Å². The van der Waals surface area contributed by atoms with Crippen LogP contribution in [0.5, 0.6) is 0 Å².